The van der Waals surface area contributed by atoms with Gasteiger partial charge in [0.2, 0.25) is 0 Å². The summed E-state index contributed by atoms with van der Waals surface area (Å²) in [5.41, 5.74) is 2.28. The summed E-state index contributed by atoms with van der Waals surface area (Å²) in [7, 11) is 0. The summed E-state index contributed by atoms with van der Waals surface area (Å²) in [5, 5.41) is 0. The summed E-state index contributed by atoms with van der Waals surface area (Å²) in [6.07, 6.45) is 3.04. The van der Waals surface area contributed by atoms with Crippen molar-refractivity contribution in [1.29, 1.82) is 0 Å². The average Bonchev–Trinajstić information content (AvgIpc) is 3.40. The van der Waals surface area contributed by atoms with E-state index in [4.69, 9.17) is 9.15 Å². The van der Waals surface area contributed by atoms with E-state index in [1.165, 1.54) is 11.2 Å². The second kappa shape index (κ2) is 9.42. The number of pyridine rings is 1. The van der Waals surface area contributed by atoms with Crippen LogP contribution in [0, 0.1) is 13.8 Å². The summed E-state index contributed by atoms with van der Waals surface area (Å²) >= 11 is 0. The number of hydrogen-bond donors (Lipinski definition) is 1. The van der Waals surface area contributed by atoms with Crippen LogP contribution in [0.25, 0.3) is 0 Å². The van der Waals surface area contributed by atoms with Gasteiger partial charge in [0.05, 0.1) is 31.2 Å². The molecule has 1 atom stereocenters. The van der Waals surface area contributed by atoms with Gasteiger partial charge in [0.15, 0.2) is 11.5 Å². The van der Waals surface area contributed by atoms with E-state index >= 15 is 0 Å². The number of amides is 1. The summed E-state index contributed by atoms with van der Waals surface area (Å²) < 4.78 is 10.3. The van der Waals surface area contributed by atoms with Gasteiger partial charge >= 0.3 is 5.97 Å². The van der Waals surface area contributed by atoms with Gasteiger partial charge in [-0.25, -0.2) is 4.79 Å². The molecule has 3 rings (SSSR count). The second-order valence-electron chi connectivity index (χ2n) is 7.12. The molecule has 0 fully saturated rings. The molecular weight excluding hydrogens is 398 g/mol. The summed E-state index contributed by atoms with van der Waals surface area (Å²) in [6, 6.07) is 7.71. The molecule has 3 aromatic heterocycles. The highest BCUT2D eigenvalue weighted by molar-refractivity contribution is 6.07. The van der Waals surface area contributed by atoms with Crippen molar-refractivity contribution in [3.8, 4) is 0 Å². The van der Waals surface area contributed by atoms with Crippen molar-refractivity contribution in [2.24, 2.45) is 0 Å². The summed E-state index contributed by atoms with van der Waals surface area (Å²) in [4.78, 5) is 47.4. The standard InChI is InChI=1S/C23H25N3O5/c1-5-30-23(29)20-14(2)19(15(3)25-20)21(27)16(4)26(13-17-9-6-7-11-24-17)22(28)18-10-8-12-31-18/h6-12,16,25H,5,13H2,1-4H3/t16-/m0/s1. The van der Waals surface area contributed by atoms with Crippen LogP contribution < -0.4 is 0 Å². The van der Waals surface area contributed by atoms with E-state index in [1.807, 2.05) is 6.07 Å². The monoisotopic (exact) mass is 423 g/mol. The third-order valence-corrected chi connectivity index (χ3v) is 5.06. The zero-order valence-electron chi connectivity index (χ0n) is 18.0. The van der Waals surface area contributed by atoms with Gasteiger partial charge in [-0.1, -0.05) is 6.07 Å². The highest BCUT2D eigenvalue weighted by atomic mass is 16.5. The number of nitrogens with one attached hydrogen (secondary N) is 1. The molecule has 0 aromatic carbocycles. The van der Waals surface area contributed by atoms with Crippen molar-refractivity contribution < 1.29 is 23.5 Å². The number of furan rings is 1. The van der Waals surface area contributed by atoms with Crippen molar-refractivity contribution in [1.82, 2.24) is 14.9 Å². The van der Waals surface area contributed by atoms with Gasteiger partial charge in [0.25, 0.3) is 5.91 Å². The Bertz CT molecular complexity index is 1070. The number of H-pyrrole nitrogens is 1. The number of Topliss-reactive ketones (excluding diaryl/α,β-unsaturated/α-hetero) is 1. The van der Waals surface area contributed by atoms with Crippen LogP contribution in [0.5, 0.6) is 0 Å². The van der Waals surface area contributed by atoms with Gasteiger partial charge in [-0.2, -0.15) is 0 Å². The summed E-state index contributed by atoms with van der Waals surface area (Å²) in [5.74, 6) is -1.11. The molecule has 31 heavy (non-hydrogen) atoms. The first-order chi connectivity index (χ1) is 14.8. The first-order valence-electron chi connectivity index (χ1n) is 10.00. The topological polar surface area (TPSA) is 106 Å². The van der Waals surface area contributed by atoms with Crippen LogP contribution in [0.1, 0.15) is 62.2 Å². The molecule has 8 heteroatoms. The fourth-order valence-electron chi connectivity index (χ4n) is 3.47. The lowest BCUT2D eigenvalue weighted by Crippen LogP contribution is -2.43. The Morgan fingerprint density at radius 2 is 1.97 bits per heavy atom. The zero-order chi connectivity index (χ0) is 22.5. The van der Waals surface area contributed by atoms with Crippen molar-refractivity contribution in [3.63, 3.8) is 0 Å². The number of aryl methyl sites for hydroxylation is 1. The maximum atomic E-state index is 13.5. The van der Waals surface area contributed by atoms with E-state index in [0.29, 0.717) is 22.5 Å². The number of rotatable bonds is 8. The second-order valence-corrected chi connectivity index (χ2v) is 7.12. The number of carbonyl (C=O) groups is 3. The van der Waals surface area contributed by atoms with Gasteiger partial charge < -0.3 is 19.0 Å². The van der Waals surface area contributed by atoms with Crippen molar-refractivity contribution in [2.75, 3.05) is 6.61 Å². The lowest BCUT2D eigenvalue weighted by Gasteiger charge is -2.27. The molecule has 0 unspecified atom stereocenters. The number of aromatic nitrogens is 2. The number of ether oxygens (including phenoxy) is 1. The number of carbonyl (C=O) groups excluding carboxylic acids is 3. The molecule has 3 aromatic rings. The van der Waals surface area contributed by atoms with Crippen LogP contribution in [0.15, 0.2) is 47.2 Å². The molecule has 8 nitrogen and oxygen atoms in total. The van der Waals surface area contributed by atoms with Crippen molar-refractivity contribution >= 4 is 17.7 Å². The molecule has 1 N–H and O–H groups in total. The van der Waals surface area contributed by atoms with Gasteiger partial charge in [0.1, 0.15) is 5.69 Å². The van der Waals surface area contributed by atoms with Crippen LogP contribution >= 0.6 is 0 Å². The molecule has 3 heterocycles. The van der Waals surface area contributed by atoms with E-state index in [0.717, 1.165) is 0 Å². The molecule has 0 spiro atoms. The quantitative estimate of drug-likeness (QED) is 0.437. The first-order valence-corrected chi connectivity index (χ1v) is 10.00. The minimum Gasteiger partial charge on any atom is -0.461 e. The molecule has 0 bridgehead atoms. The van der Waals surface area contributed by atoms with E-state index in [1.54, 1.807) is 58.2 Å². The zero-order valence-corrected chi connectivity index (χ0v) is 18.0. The summed E-state index contributed by atoms with van der Waals surface area (Å²) in [6.45, 7) is 7.13. The molecule has 0 radical (unpaired) electrons. The molecule has 162 valence electrons. The van der Waals surface area contributed by atoms with E-state index < -0.39 is 17.9 Å². The maximum absolute atomic E-state index is 13.5. The molecule has 0 saturated carbocycles. The number of aromatic amines is 1. The lowest BCUT2D eigenvalue weighted by molar-refractivity contribution is 0.0518. The highest BCUT2D eigenvalue weighted by Gasteiger charge is 2.32. The number of nitrogens with zero attached hydrogens (tertiary/aromatic N) is 2. The third-order valence-electron chi connectivity index (χ3n) is 5.06. The first kappa shape index (κ1) is 22.0. The van der Waals surface area contributed by atoms with Crippen molar-refractivity contribution in [3.05, 3.63) is 76.8 Å². The molecular formula is C23H25N3O5. The van der Waals surface area contributed by atoms with E-state index in [-0.39, 0.29) is 30.4 Å². The molecule has 0 saturated heterocycles. The fourth-order valence-corrected chi connectivity index (χ4v) is 3.47. The molecule has 0 aliphatic heterocycles. The normalized spacial score (nSPS) is 11.7. The molecule has 1 amide bonds. The number of hydrogen-bond acceptors (Lipinski definition) is 6. The van der Waals surface area contributed by atoms with Crippen LogP contribution in [0.4, 0.5) is 0 Å². The SMILES string of the molecule is CCOC(=O)c1[nH]c(C)c(C(=O)[C@H](C)N(Cc2ccccn2)C(=O)c2ccco2)c1C. The predicted molar refractivity (Wildman–Crippen MR) is 113 cm³/mol. The Balaban J connectivity index is 1.95. The maximum Gasteiger partial charge on any atom is 0.355 e. The Labute approximate surface area is 180 Å². The van der Waals surface area contributed by atoms with Crippen molar-refractivity contribution in [2.45, 2.75) is 40.3 Å². The minimum atomic E-state index is -0.831. The van der Waals surface area contributed by atoms with Gasteiger partial charge in [-0.3, -0.25) is 14.6 Å². The van der Waals surface area contributed by atoms with Crippen LogP contribution in [0.3, 0.4) is 0 Å². The largest absolute Gasteiger partial charge is 0.461 e. The fraction of sp³-hybridized carbons (Fsp3) is 0.304. The average molecular weight is 423 g/mol. The van der Waals surface area contributed by atoms with Gasteiger partial charge in [0, 0.05) is 17.5 Å². The smallest absolute Gasteiger partial charge is 0.355 e. The lowest BCUT2D eigenvalue weighted by atomic mass is 9.99. The van der Waals surface area contributed by atoms with Crippen LogP contribution in [-0.2, 0) is 11.3 Å². The molecule has 0 aliphatic carbocycles. The van der Waals surface area contributed by atoms with Crippen LogP contribution in [0.2, 0.25) is 0 Å². The van der Waals surface area contributed by atoms with Crippen LogP contribution in [-0.4, -0.2) is 45.2 Å². The van der Waals surface area contributed by atoms with E-state index in [2.05, 4.69) is 9.97 Å². The number of esters is 1. The number of ketones is 1. The molecule has 0 aliphatic rings. The Hall–Kier alpha value is -3.68. The minimum absolute atomic E-state index is 0.126. The highest BCUT2D eigenvalue weighted by Crippen LogP contribution is 2.23. The predicted octanol–water partition coefficient (Wildman–Crippen LogP) is 3.71. The third kappa shape index (κ3) is 4.58. The Morgan fingerprint density at radius 1 is 1.19 bits per heavy atom. The Kier molecular flexibility index (Phi) is 6.69. The van der Waals surface area contributed by atoms with E-state index in [9.17, 15) is 14.4 Å². The van der Waals surface area contributed by atoms with Gasteiger partial charge in [-0.05, 0) is 57.5 Å². The van der Waals surface area contributed by atoms with Gasteiger partial charge in [-0.15, -0.1) is 0 Å². The Morgan fingerprint density at radius 3 is 2.58 bits per heavy atom.